The van der Waals surface area contributed by atoms with Crippen LogP contribution < -0.4 is 9.80 Å². The third kappa shape index (κ3) is 4.48. The fourth-order valence-corrected chi connectivity index (χ4v) is 5.89. The first-order valence-corrected chi connectivity index (χ1v) is 13.0. The number of likely N-dealkylation sites (N-methyl/N-ethyl adjacent to an activating group) is 1. The molecule has 9 heteroatoms. The van der Waals surface area contributed by atoms with Crippen LogP contribution in [0.3, 0.4) is 0 Å². The molecular formula is C25H33N5O3S. The van der Waals surface area contributed by atoms with Gasteiger partial charge in [0.25, 0.3) is 0 Å². The summed E-state index contributed by atoms with van der Waals surface area (Å²) in [5, 5.41) is 9.73. The zero-order valence-electron chi connectivity index (χ0n) is 20.2. The Kier molecular flexibility index (Phi) is 6.68. The van der Waals surface area contributed by atoms with Crippen LogP contribution >= 0.6 is 11.8 Å². The maximum Gasteiger partial charge on any atom is 0.228 e. The highest BCUT2D eigenvalue weighted by molar-refractivity contribution is 7.99. The summed E-state index contributed by atoms with van der Waals surface area (Å²) in [6.45, 7) is 8.83. The summed E-state index contributed by atoms with van der Waals surface area (Å²) in [5.74, 6) is 1.24. The number of morpholine rings is 1. The highest BCUT2D eigenvalue weighted by atomic mass is 32.2. The zero-order valence-corrected chi connectivity index (χ0v) is 21.0. The summed E-state index contributed by atoms with van der Waals surface area (Å²) in [6.07, 6.45) is 4.09. The summed E-state index contributed by atoms with van der Waals surface area (Å²) in [4.78, 5) is 17.4. The van der Waals surface area contributed by atoms with Crippen molar-refractivity contribution in [2.45, 2.75) is 49.9 Å². The highest BCUT2D eigenvalue weighted by Gasteiger charge is 2.38. The van der Waals surface area contributed by atoms with Crippen LogP contribution in [0.1, 0.15) is 32.3 Å². The van der Waals surface area contributed by atoms with Gasteiger partial charge >= 0.3 is 0 Å². The van der Waals surface area contributed by atoms with Gasteiger partial charge in [0.1, 0.15) is 0 Å². The fraction of sp³-hybridized carbons (Fsp3) is 0.560. The minimum Gasteiger partial charge on any atom is -0.378 e. The van der Waals surface area contributed by atoms with E-state index in [1.54, 1.807) is 6.08 Å². The van der Waals surface area contributed by atoms with Gasteiger partial charge in [0.05, 0.1) is 31.6 Å². The normalized spacial score (nSPS) is 23.0. The van der Waals surface area contributed by atoms with Gasteiger partial charge in [-0.15, -0.1) is 10.2 Å². The molecule has 2 aromatic rings. The molecule has 8 nitrogen and oxygen atoms in total. The molecule has 2 fully saturated rings. The zero-order chi connectivity index (χ0) is 23.7. The number of para-hydroxylation sites is 1. The molecule has 3 aliphatic heterocycles. The van der Waals surface area contributed by atoms with Crippen molar-refractivity contribution in [3.8, 4) is 0 Å². The van der Waals surface area contributed by atoms with Crippen molar-refractivity contribution in [3.05, 3.63) is 41.6 Å². The minimum atomic E-state index is -0.213. The molecule has 2 saturated heterocycles. The Balaban J connectivity index is 1.32. The number of allylic oxidation sites excluding steroid dienone is 2. The summed E-state index contributed by atoms with van der Waals surface area (Å²) in [7, 11) is 2.03. The minimum absolute atomic E-state index is 0.0762. The van der Waals surface area contributed by atoms with Crippen LogP contribution in [0, 0.1) is 0 Å². The number of fused-ring (bicyclic) bond motifs is 1. The van der Waals surface area contributed by atoms with Crippen molar-refractivity contribution in [1.82, 2.24) is 14.8 Å². The number of hydrogen-bond acceptors (Lipinski definition) is 8. The van der Waals surface area contributed by atoms with Gasteiger partial charge in [-0.05, 0) is 24.5 Å². The number of hydrogen-bond donors (Lipinski definition) is 0. The second-order valence-corrected chi connectivity index (χ2v) is 10.6. The van der Waals surface area contributed by atoms with Crippen molar-refractivity contribution in [3.63, 3.8) is 0 Å². The van der Waals surface area contributed by atoms with Gasteiger partial charge in [-0.2, -0.15) is 0 Å². The lowest BCUT2D eigenvalue weighted by atomic mass is 9.83. The lowest BCUT2D eigenvalue weighted by molar-refractivity contribution is -0.112. The Morgan fingerprint density at radius 1 is 1.21 bits per heavy atom. The summed E-state index contributed by atoms with van der Waals surface area (Å²) in [6, 6.07) is 8.35. The Morgan fingerprint density at radius 3 is 2.74 bits per heavy atom. The Bertz CT molecular complexity index is 1070. The second kappa shape index (κ2) is 9.71. The van der Waals surface area contributed by atoms with Crippen LogP contribution in [0.4, 0.5) is 11.6 Å². The van der Waals surface area contributed by atoms with E-state index in [1.165, 1.54) is 17.3 Å². The highest BCUT2D eigenvalue weighted by Crippen LogP contribution is 2.46. The van der Waals surface area contributed by atoms with E-state index in [2.05, 4.69) is 56.6 Å². The topological polar surface area (TPSA) is 72.7 Å². The Labute approximate surface area is 205 Å². The van der Waals surface area contributed by atoms with Crippen LogP contribution in [0.15, 0.2) is 41.2 Å². The SMILES string of the molecule is CN1C(=CC(=O)CSc2nnc(N3CCOCC3)n2CC2CCCO2)C(C)(C)c2ccccc21. The summed E-state index contributed by atoms with van der Waals surface area (Å²) in [5.41, 5.74) is 3.21. The molecule has 3 aliphatic rings. The number of nitrogens with zero attached hydrogens (tertiary/aromatic N) is 5. The first kappa shape index (κ1) is 23.4. The quantitative estimate of drug-likeness (QED) is 0.439. The van der Waals surface area contributed by atoms with Crippen LogP contribution in [-0.2, 0) is 26.2 Å². The monoisotopic (exact) mass is 483 g/mol. The molecule has 1 atom stereocenters. The maximum atomic E-state index is 13.1. The molecule has 34 heavy (non-hydrogen) atoms. The van der Waals surface area contributed by atoms with Crippen LogP contribution in [-0.4, -0.2) is 72.4 Å². The number of ether oxygens (including phenoxy) is 2. The molecule has 1 aromatic heterocycles. The predicted octanol–water partition coefficient (Wildman–Crippen LogP) is 3.27. The predicted molar refractivity (Wildman–Crippen MR) is 134 cm³/mol. The van der Waals surface area contributed by atoms with Crippen LogP contribution in [0.5, 0.6) is 0 Å². The van der Waals surface area contributed by atoms with Crippen molar-refractivity contribution < 1.29 is 14.3 Å². The largest absolute Gasteiger partial charge is 0.378 e. The standard InChI is InChI=1S/C25H33N5O3S/c1-25(2)20-8-4-5-9-21(20)28(3)22(25)15-18(31)17-34-24-27-26-23(29-10-13-32-14-11-29)30(24)16-19-7-6-12-33-19/h4-5,8-9,15,19H,6-7,10-14,16-17H2,1-3H3. The molecule has 182 valence electrons. The number of rotatable bonds is 7. The number of carbonyl (C=O) groups is 1. The molecule has 0 radical (unpaired) electrons. The molecule has 0 bridgehead atoms. The third-order valence-electron chi connectivity index (χ3n) is 6.98. The average molecular weight is 484 g/mol. The van der Waals surface area contributed by atoms with E-state index in [9.17, 15) is 4.79 Å². The molecule has 1 unspecified atom stereocenters. The molecule has 0 aliphatic carbocycles. The number of aromatic nitrogens is 3. The van der Waals surface area contributed by atoms with E-state index in [0.29, 0.717) is 25.5 Å². The summed E-state index contributed by atoms with van der Waals surface area (Å²) < 4.78 is 13.5. The van der Waals surface area contributed by atoms with E-state index in [4.69, 9.17) is 9.47 Å². The van der Waals surface area contributed by atoms with Gasteiger partial charge in [0.15, 0.2) is 10.9 Å². The maximum absolute atomic E-state index is 13.1. The van der Waals surface area contributed by atoms with Crippen molar-refractivity contribution in [1.29, 1.82) is 0 Å². The third-order valence-corrected chi connectivity index (χ3v) is 7.97. The number of anilines is 2. The van der Waals surface area contributed by atoms with E-state index in [-0.39, 0.29) is 17.3 Å². The van der Waals surface area contributed by atoms with Crippen molar-refractivity contribution in [2.24, 2.45) is 0 Å². The lowest BCUT2D eigenvalue weighted by Gasteiger charge is -2.28. The average Bonchev–Trinajstić information content (AvgIpc) is 3.55. The van der Waals surface area contributed by atoms with Crippen LogP contribution in [0.25, 0.3) is 0 Å². The number of benzene rings is 1. The number of thioether (sulfide) groups is 1. The molecule has 5 rings (SSSR count). The van der Waals surface area contributed by atoms with Crippen molar-refractivity contribution >= 4 is 29.2 Å². The molecule has 0 N–H and O–H groups in total. The first-order chi connectivity index (χ1) is 16.4. The Hall–Kier alpha value is -2.36. The van der Waals surface area contributed by atoms with Gasteiger partial charge in [0.2, 0.25) is 5.95 Å². The van der Waals surface area contributed by atoms with E-state index in [0.717, 1.165) is 55.0 Å². The van der Waals surface area contributed by atoms with Gasteiger partial charge in [-0.3, -0.25) is 9.36 Å². The van der Waals surface area contributed by atoms with Crippen LogP contribution in [0.2, 0.25) is 0 Å². The first-order valence-electron chi connectivity index (χ1n) is 12.0. The Morgan fingerprint density at radius 2 is 2.00 bits per heavy atom. The number of carbonyl (C=O) groups excluding carboxylic acids is 1. The molecule has 0 amide bonds. The molecule has 0 spiro atoms. The van der Waals surface area contributed by atoms with E-state index < -0.39 is 0 Å². The van der Waals surface area contributed by atoms with Gasteiger partial charge in [0, 0.05) is 49.6 Å². The van der Waals surface area contributed by atoms with Crippen molar-refractivity contribution in [2.75, 3.05) is 55.5 Å². The van der Waals surface area contributed by atoms with Gasteiger partial charge in [-0.25, -0.2) is 0 Å². The molecular weight excluding hydrogens is 450 g/mol. The molecule has 0 saturated carbocycles. The summed E-state index contributed by atoms with van der Waals surface area (Å²) >= 11 is 1.46. The smallest absolute Gasteiger partial charge is 0.228 e. The lowest BCUT2D eigenvalue weighted by Crippen LogP contribution is -2.38. The van der Waals surface area contributed by atoms with Gasteiger partial charge in [-0.1, -0.05) is 43.8 Å². The molecule has 1 aromatic carbocycles. The molecule has 4 heterocycles. The fourth-order valence-electron chi connectivity index (χ4n) is 5.13. The number of ketones is 1. The van der Waals surface area contributed by atoms with E-state index >= 15 is 0 Å². The van der Waals surface area contributed by atoms with Gasteiger partial charge < -0.3 is 19.3 Å². The van der Waals surface area contributed by atoms with E-state index in [1.807, 2.05) is 13.1 Å². The second-order valence-electron chi connectivity index (χ2n) is 9.61.